The number of carbonyl (C=O) groups is 1. The lowest BCUT2D eigenvalue weighted by Crippen LogP contribution is -2.33. The summed E-state index contributed by atoms with van der Waals surface area (Å²) in [4.78, 5) is 11.6. The molecule has 2 aromatic rings. The van der Waals surface area contributed by atoms with Gasteiger partial charge in [0.15, 0.2) is 6.10 Å². The zero-order valence-corrected chi connectivity index (χ0v) is 15.0. The molecule has 0 spiro atoms. The van der Waals surface area contributed by atoms with Crippen LogP contribution in [0.1, 0.15) is 12.5 Å². The largest absolute Gasteiger partial charge is 0.481 e. The Kier molecular flexibility index (Phi) is 6.55. The fourth-order valence-electron chi connectivity index (χ4n) is 2.22. The van der Waals surface area contributed by atoms with Gasteiger partial charge in [0.2, 0.25) is 10.0 Å². The van der Waals surface area contributed by atoms with Crippen LogP contribution in [0.2, 0.25) is 0 Å². The van der Waals surface area contributed by atoms with E-state index in [4.69, 9.17) is 4.74 Å². The van der Waals surface area contributed by atoms with Crippen LogP contribution in [0, 0.1) is 0 Å². The van der Waals surface area contributed by atoms with Gasteiger partial charge in [0, 0.05) is 13.6 Å². The average molecular weight is 362 g/mol. The molecule has 0 heterocycles. The molecule has 134 valence electrons. The molecule has 1 atom stereocenters. The lowest BCUT2D eigenvalue weighted by Gasteiger charge is -2.13. The highest BCUT2D eigenvalue weighted by molar-refractivity contribution is 7.89. The summed E-state index contributed by atoms with van der Waals surface area (Å²) in [7, 11) is -2.05. The average Bonchev–Trinajstić information content (AvgIpc) is 2.62. The maximum atomic E-state index is 12.3. The van der Waals surface area contributed by atoms with Crippen molar-refractivity contribution in [1.29, 1.82) is 0 Å². The molecule has 0 saturated carbocycles. The normalized spacial score (nSPS) is 12.4. The second-order valence-electron chi connectivity index (χ2n) is 5.48. The summed E-state index contributed by atoms with van der Waals surface area (Å²) in [5, 5.41) is 2.49. The van der Waals surface area contributed by atoms with Crippen LogP contribution in [0.25, 0.3) is 0 Å². The molecule has 0 aliphatic rings. The Balaban J connectivity index is 1.94. The van der Waals surface area contributed by atoms with Gasteiger partial charge >= 0.3 is 0 Å². The van der Waals surface area contributed by atoms with Crippen molar-refractivity contribution in [3.8, 4) is 5.75 Å². The van der Waals surface area contributed by atoms with E-state index in [2.05, 4.69) is 10.0 Å². The van der Waals surface area contributed by atoms with E-state index >= 15 is 0 Å². The number of ether oxygens (including phenoxy) is 1. The van der Waals surface area contributed by atoms with Crippen molar-refractivity contribution in [2.45, 2.75) is 24.3 Å². The van der Waals surface area contributed by atoms with Gasteiger partial charge in [-0.3, -0.25) is 4.79 Å². The Morgan fingerprint density at radius 3 is 2.32 bits per heavy atom. The molecule has 2 rings (SSSR count). The molecular formula is C18H22N2O4S. The van der Waals surface area contributed by atoms with Crippen LogP contribution in [0.3, 0.4) is 0 Å². The summed E-state index contributed by atoms with van der Waals surface area (Å²) < 4.78 is 32.6. The van der Waals surface area contributed by atoms with Gasteiger partial charge in [-0.25, -0.2) is 13.1 Å². The van der Waals surface area contributed by atoms with Crippen LogP contribution >= 0.6 is 0 Å². The van der Waals surface area contributed by atoms with Crippen LogP contribution in [-0.2, 0) is 21.2 Å². The number of nitrogens with one attached hydrogen (secondary N) is 2. The van der Waals surface area contributed by atoms with Gasteiger partial charge in [-0.15, -0.1) is 0 Å². The molecule has 1 amide bonds. The lowest BCUT2D eigenvalue weighted by molar-refractivity contribution is -0.126. The minimum Gasteiger partial charge on any atom is -0.481 e. The first-order chi connectivity index (χ1) is 11.9. The van der Waals surface area contributed by atoms with E-state index < -0.39 is 16.1 Å². The third-order valence-corrected chi connectivity index (χ3v) is 5.09. The molecule has 0 fully saturated rings. The highest BCUT2D eigenvalue weighted by atomic mass is 32.2. The molecule has 0 saturated heterocycles. The first-order valence-corrected chi connectivity index (χ1v) is 9.42. The Labute approximate surface area is 148 Å². The molecule has 0 aromatic heterocycles. The molecule has 0 aliphatic carbocycles. The predicted octanol–water partition coefficient (Wildman–Crippen LogP) is 1.72. The second kappa shape index (κ2) is 8.64. The molecule has 2 N–H and O–H groups in total. The number of carbonyl (C=O) groups excluding carboxylic acids is 1. The Bertz CT molecular complexity index is 790. The van der Waals surface area contributed by atoms with Crippen molar-refractivity contribution in [2.24, 2.45) is 0 Å². The molecule has 0 aliphatic heterocycles. The molecule has 6 nitrogen and oxygen atoms in total. The van der Waals surface area contributed by atoms with E-state index in [0.29, 0.717) is 18.7 Å². The molecular weight excluding hydrogens is 340 g/mol. The minimum atomic E-state index is -3.58. The Hall–Kier alpha value is -2.38. The second-order valence-corrected chi connectivity index (χ2v) is 7.25. The number of benzene rings is 2. The van der Waals surface area contributed by atoms with Crippen LogP contribution in [-0.4, -0.2) is 34.0 Å². The number of sulfonamides is 1. The van der Waals surface area contributed by atoms with Crippen LogP contribution in [0.5, 0.6) is 5.75 Å². The van der Waals surface area contributed by atoms with E-state index in [1.54, 1.807) is 6.92 Å². The number of amides is 1. The van der Waals surface area contributed by atoms with E-state index in [1.165, 1.54) is 31.3 Å². The zero-order chi connectivity index (χ0) is 18.3. The first kappa shape index (κ1) is 19.0. The third-order valence-electron chi connectivity index (χ3n) is 3.61. The highest BCUT2D eigenvalue weighted by Gasteiger charge is 2.15. The number of rotatable bonds is 8. The first-order valence-electron chi connectivity index (χ1n) is 7.94. The maximum absolute atomic E-state index is 12.3. The summed E-state index contributed by atoms with van der Waals surface area (Å²) in [5.41, 5.74) is 1.07. The van der Waals surface area contributed by atoms with Crippen molar-refractivity contribution in [1.82, 2.24) is 10.0 Å². The highest BCUT2D eigenvalue weighted by Crippen LogP contribution is 2.17. The Morgan fingerprint density at radius 1 is 1.08 bits per heavy atom. The van der Waals surface area contributed by atoms with Crippen molar-refractivity contribution < 1.29 is 17.9 Å². The summed E-state index contributed by atoms with van der Waals surface area (Å²) in [5.74, 6) is 0.179. The molecule has 2 aromatic carbocycles. The van der Waals surface area contributed by atoms with E-state index in [0.717, 1.165) is 5.56 Å². The van der Waals surface area contributed by atoms with Gasteiger partial charge in [-0.1, -0.05) is 30.3 Å². The fourth-order valence-corrected chi connectivity index (χ4v) is 3.25. The summed E-state index contributed by atoms with van der Waals surface area (Å²) in [6, 6.07) is 15.6. The third kappa shape index (κ3) is 5.58. The van der Waals surface area contributed by atoms with Crippen molar-refractivity contribution in [3.05, 3.63) is 60.2 Å². The van der Waals surface area contributed by atoms with E-state index in [-0.39, 0.29) is 10.8 Å². The quantitative estimate of drug-likeness (QED) is 0.749. The van der Waals surface area contributed by atoms with Crippen LogP contribution < -0.4 is 14.8 Å². The molecule has 0 unspecified atom stereocenters. The van der Waals surface area contributed by atoms with Gasteiger partial charge in [0.25, 0.3) is 5.91 Å². The smallest absolute Gasteiger partial charge is 0.260 e. The monoisotopic (exact) mass is 362 g/mol. The van der Waals surface area contributed by atoms with E-state index in [9.17, 15) is 13.2 Å². The summed E-state index contributed by atoms with van der Waals surface area (Å²) in [6.07, 6.45) is -0.0401. The minimum absolute atomic E-state index is 0.153. The van der Waals surface area contributed by atoms with E-state index in [1.807, 2.05) is 30.3 Å². The fraction of sp³-hybridized carbons (Fsp3) is 0.278. The van der Waals surface area contributed by atoms with Crippen LogP contribution in [0.15, 0.2) is 59.5 Å². The van der Waals surface area contributed by atoms with Gasteiger partial charge in [-0.05, 0) is 43.2 Å². The van der Waals surface area contributed by atoms with Gasteiger partial charge in [-0.2, -0.15) is 0 Å². The number of hydrogen-bond acceptors (Lipinski definition) is 4. The molecule has 0 radical (unpaired) electrons. The maximum Gasteiger partial charge on any atom is 0.260 e. The number of likely N-dealkylation sites (N-methyl/N-ethyl adjacent to an activating group) is 1. The topological polar surface area (TPSA) is 84.5 Å². The SMILES string of the molecule is CNC(=O)[C@H](C)Oc1ccc(S(=O)(=O)NCCc2ccccc2)cc1. The lowest BCUT2D eigenvalue weighted by atomic mass is 10.2. The van der Waals surface area contributed by atoms with Crippen LogP contribution in [0.4, 0.5) is 0 Å². The van der Waals surface area contributed by atoms with Crippen molar-refractivity contribution in [2.75, 3.05) is 13.6 Å². The molecule has 0 bridgehead atoms. The Morgan fingerprint density at radius 2 is 1.72 bits per heavy atom. The summed E-state index contributed by atoms with van der Waals surface area (Å²) >= 11 is 0. The van der Waals surface area contributed by atoms with Gasteiger partial charge < -0.3 is 10.1 Å². The summed E-state index contributed by atoms with van der Waals surface area (Å²) in [6.45, 7) is 1.94. The van der Waals surface area contributed by atoms with Crippen molar-refractivity contribution in [3.63, 3.8) is 0 Å². The van der Waals surface area contributed by atoms with Crippen molar-refractivity contribution >= 4 is 15.9 Å². The predicted molar refractivity (Wildman–Crippen MR) is 95.9 cm³/mol. The number of hydrogen-bond donors (Lipinski definition) is 2. The van der Waals surface area contributed by atoms with Gasteiger partial charge in [0.1, 0.15) is 5.75 Å². The van der Waals surface area contributed by atoms with Gasteiger partial charge in [0.05, 0.1) is 4.90 Å². The molecule has 7 heteroatoms. The zero-order valence-electron chi connectivity index (χ0n) is 14.2. The molecule has 25 heavy (non-hydrogen) atoms. The standard InChI is InChI=1S/C18H22N2O4S/c1-14(18(21)19-2)24-16-8-10-17(11-9-16)25(22,23)20-13-12-15-6-4-3-5-7-15/h3-11,14,20H,12-13H2,1-2H3,(H,19,21)/t14-/m0/s1.